The standard InChI is InChI=1S/C3H5NOS/c4-3(6)1-2-5/h2H,1H2,(H2,4,6). The third kappa shape index (κ3) is 3.69. The average Bonchev–Trinajstić information content (AvgIpc) is 1.35. The lowest BCUT2D eigenvalue weighted by atomic mass is 10.5. The van der Waals surface area contributed by atoms with E-state index in [-0.39, 0.29) is 11.5 Å². The van der Waals surface area contributed by atoms with Crippen LogP contribution in [0.4, 0.5) is 0 Å². The van der Waals surface area contributed by atoms with Crippen LogP contribution in [-0.4, -0.2) is 11.3 Å². The Morgan fingerprint density at radius 3 is 2.50 bits per heavy atom. The normalized spacial score (nSPS) is 7.50. The minimum absolute atomic E-state index is 0.116. The van der Waals surface area contributed by atoms with Crippen molar-refractivity contribution in [3.05, 3.63) is 0 Å². The minimum atomic E-state index is 0.116. The fraction of sp³-hybridized carbons (Fsp3) is 0.333. The van der Waals surface area contributed by atoms with Gasteiger partial charge in [0.25, 0.3) is 0 Å². The van der Waals surface area contributed by atoms with Crippen LogP contribution < -0.4 is 0 Å². The first kappa shape index (κ1) is 5.69. The number of hydrogen-bond acceptors (Lipinski definition) is 2. The van der Waals surface area contributed by atoms with Crippen LogP contribution in [0.5, 0.6) is 0 Å². The van der Waals surface area contributed by atoms with Crippen LogP contribution in [0.1, 0.15) is 6.42 Å². The van der Waals surface area contributed by atoms with Gasteiger partial charge in [-0.1, -0.05) is 0 Å². The molecule has 0 amide bonds. The van der Waals surface area contributed by atoms with E-state index in [1.54, 1.807) is 0 Å². The van der Waals surface area contributed by atoms with Gasteiger partial charge in [-0.3, -0.25) is 5.41 Å². The topological polar surface area (TPSA) is 40.9 Å². The van der Waals surface area contributed by atoms with Crippen LogP contribution in [0.15, 0.2) is 0 Å². The molecule has 0 rings (SSSR count). The molecule has 0 heterocycles. The van der Waals surface area contributed by atoms with Crippen molar-refractivity contribution in [3.63, 3.8) is 0 Å². The second-order valence-electron chi connectivity index (χ2n) is 0.817. The van der Waals surface area contributed by atoms with Crippen molar-refractivity contribution >= 4 is 24.0 Å². The highest BCUT2D eigenvalue weighted by Crippen LogP contribution is 1.80. The lowest BCUT2D eigenvalue weighted by Gasteiger charge is -1.75. The zero-order valence-electron chi connectivity index (χ0n) is 3.14. The molecule has 0 spiro atoms. The van der Waals surface area contributed by atoms with E-state index in [9.17, 15) is 4.79 Å². The lowest BCUT2D eigenvalue weighted by molar-refractivity contribution is -0.106. The molecule has 0 bridgehead atoms. The molecule has 0 atom stereocenters. The maximum Gasteiger partial charge on any atom is 0.126 e. The molecule has 6 heavy (non-hydrogen) atoms. The summed E-state index contributed by atoms with van der Waals surface area (Å²) in [6.45, 7) is 0. The number of carbonyl (C=O) groups is 1. The Morgan fingerprint density at radius 2 is 2.50 bits per heavy atom. The summed E-state index contributed by atoms with van der Waals surface area (Å²) in [5, 5.41) is 6.64. The molecule has 0 aromatic heterocycles. The molecule has 0 unspecified atom stereocenters. The minimum Gasteiger partial charge on any atom is -0.303 e. The van der Waals surface area contributed by atoms with E-state index in [0.29, 0.717) is 6.29 Å². The van der Waals surface area contributed by atoms with E-state index in [2.05, 4.69) is 12.6 Å². The molecule has 0 aromatic rings. The van der Waals surface area contributed by atoms with E-state index < -0.39 is 0 Å². The van der Waals surface area contributed by atoms with Crippen molar-refractivity contribution in [2.45, 2.75) is 6.42 Å². The zero-order chi connectivity index (χ0) is 4.99. The molecule has 0 aliphatic rings. The first-order valence-corrected chi connectivity index (χ1v) is 1.92. The molecule has 0 saturated heterocycles. The van der Waals surface area contributed by atoms with Crippen molar-refractivity contribution in [2.24, 2.45) is 0 Å². The number of carbonyl (C=O) groups excluding carboxylic acids is 1. The Morgan fingerprint density at radius 1 is 2.00 bits per heavy atom. The summed E-state index contributed by atoms with van der Waals surface area (Å²) in [5.74, 6) is 0. The lowest BCUT2D eigenvalue weighted by Crippen LogP contribution is -1.81. The van der Waals surface area contributed by atoms with E-state index in [1.807, 2.05) is 0 Å². The molecule has 3 heteroatoms. The summed E-state index contributed by atoms with van der Waals surface area (Å²) in [6.07, 6.45) is 0.790. The van der Waals surface area contributed by atoms with Crippen molar-refractivity contribution in [3.8, 4) is 0 Å². The molecule has 2 nitrogen and oxygen atoms in total. The van der Waals surface area contributed by atoms with Crippen molar-refractivity contribution in [1.82, 2.24) is 0 Å². The van der Waals surface area contributed by atoms with Crippen molar-refractivity contribution in [1.29, 1.82) is 5.41 Å². The van der Waals surface area contributed by atoms with Crippen LogP contribution in [0.3, 0.4) is 0 Å². The SMILES string of the molecule is N=C(S)CC=O. The zero-order valence-corrected chi connectivity index (χ0v) is 4.03. The number of thiol groups is 1. The first-order chi connectivity index (χ1) is 2.77. The predicted octanol–water partition coefficient (Wildman–Crippen LogP) is 0.482. The fourth-order valence-electron chi connectivity index (χ4n) is 0.0789. The van der Waals surface area contributed by atoms with Gasteiger partial charge in [0.2, 0.25) is 0 Å². The monoisotopic (exact) mass is 103 g/mol. The first-order valence-electron chi connectivity index (χ1n) is 1.47. The number of aldehydes is 1. The molecular formula is C3H5NOS. The quantitative estimate of drug-likeness (QED) is 0.227. The highest BCUT2D eigenvalue weighted by Gasteiger charge is 1.79. The van der Waals surface area contributed by atoms with Crippen LogP contribution in [-0.2, 0) is 4.79 Å². The number of nitrogens with one attached hydrogen (secondary N) is 1. The maximum absolute atomic E-state index is 9.43. The summed E-state index contributed by atoms with van der Waals surface area (Å²) < 4.78 is 0. The van der Waals surface area contributed by atoms with Crippen LogP contribution in [0.25, 0.3) is 0 Å². The van der Waals surface area contributed by atoms with E-state index >= 15 is 0 Å². The second kappa shape index (κ2) is 2.90. The van der Waals surface area contributed by atoms with Gasteiger partial charge in [-0.2, -0.15) is 0 Å². The Bertz CT molecular complexity index is 71.2. The van der Waals surface area contributed by atoms with Gasteiger partial charge in [0.05, 0.1) is 11.5 Å². The van der Waals surface area contributed by atoms with Gasteiger partial charge < -0.3 is 4.79 Å². The van der Waals surface area contributed by atoms with Crippen molar-refractivity contribution in [2.75, 3.05) is 0 Å². The van der Waals surface area contributed by atoms with E-state index in [1.165, 1.54) is 0 Å². The fourth-order valence-corrected chi connectivity index (χ4v) is 0.153. The Labute approximate surface area is 41.5 Å². The van der Waals surface area contributed by atoms with Gasteiger partial charge in [0.1, 0.15) is 6.29 Å². The van der Waals surface area contributed by atoms with Crippen molar-refractivity contribution < 1.29 is 4.79 Å². The molecule has 0 fully saturated rings. The van der Waals surface area contributed by atoms with Gasteiger partial charge in [-0.15, -0.1) is 12.6 Å². The predicted molar refractivity (Wildman–Crippen MR) is 27.4 cm³/mol. The summed E-state index contributed by atoms with van der Waals surface area (Å²) in [6, 6.07) is 0. The van der Waals surface area contributed by atoms with Crippen LogP contribution >= 0.6 is 12.6 Å². The van der Waals surface area contributed by atoms with Gasteiger partial charge >= 0.3 is 0 Å². The molecule has 0 aromatic carbocycles. The Hall–Kier alpha value is -0.310. The third-order valence-corrected chi connectivity index (χ3v) is 0.459. The maximum atomic E-state index is 9.43. The summed E-state index contributed by atoms with van der Waals surface area (Å²) >= 11 is 3.53. The smallest absolute Gasteiger partial charge is 0.126 e. The summed E-state index contributed by atoms with van der Waals surface area (Å²) in [4.78, 5) is 9.43. The molecule has 1 N–H and O–H groups in total. The third-order valence-electron chi connectivity index (χ3n) is 0.277. The van der Waals surface area contributed by atoms with Gasteiger partial charge in [-0.25, -0.2) is 0 Å². The Balaban J connectivity index is 3.05. The van der Waals surface area contributed by atoms with Crippen LogP contribution in [0.2, 0.25) is 0 Å². The molecule has 0 radical (unpaired) electrons. The second-order valence-corrected chi connectivity index (χ2v) is 1.36. The number of rotatable bonds is 2. The Kier molecular flexibility index (Phi) is 2.75. The van der Waals surface area contributed by atoms with Gasteiger partial charge in [-0.05, 0) is 0 Å². The van der Waals surface area contributed by atoms with Crippen LogP contribution in [0, 0.1) is 5.41 Å². The highest BCUT2D eigenvalue weighted by molar-refractivity contribution is 7.96. The summed E-state index contributed by atoms with van der Waals surface area (Å²) in [7, 11) is 0. The number of hydrogen-bond donors (Lipinski definition) is 2. The summed E-state index contributed by atoms with van der Waals surface area (Å²) in [5.41, 5.74) is 0. The van der Waals surface area contributed by atoms with Gasteiger partial charge in [0.15, 0.2) is 0 Å². The molecule has 0 aliphatic carbocycles. The highest BCUT2D eigenvalue weighted by atomic mass is 32.1. The van der Waals surface area contributed by atoms with E-state index in [4.69, 9.17) is 5.41 Å². The largest absolute Gasteiger partial charge is 0.303 e. The molecule has 0 saturated carbocycles. The molecule has 34 valence electrons. The van der Waals surface area contributed by atoms with E-state index in [0.717, 1.165) is 0 Å². The average molecular weight is 103 g/mol. The molecule has 0 aliphatic heterocycles. The molecular weight excluding hydrogens is 98.1 g/mol. The van der Waals surface area contributed by atoms with Gasteiger partial charge in [0, 0.05) is 0 Å².